The fraction of sp³-hybridized carbons (Fsp3) is 0.538. The summed E-state index contributed by atoms with van der Waals surface area (Å²) in [7, 11) is 0. The van der Waals surface area contributed by atoms with Crippen molar-refractivity contribution < 1.29 is 13.2 Å². The van der Waals surface area contributed by atoms with E-state index in [-0.39, 0.29) is 0 Å². The summed E-state index contributed by atoms with van der Waals surface area (Å²) in [5, 5.41) is 0. The highest BCUT2D eigenvalue weighted by Gasteiger charge is 2.37. The summed E-state index contributed by atoms with van der Waals surface area (Å²) in [4.78, 5) is 0. The van der Waals surface area contributed by atoms with Gasteiger partial charge in [-0.25, -0.2) is 0 Å². The number of halogens is 3. The van der Waals surface area contributed by atoms with Crippen LogP contribution in [-0.2, 0) is 11.7 Å². The number of hydrogen-bond donors (Lipinski definition) is 1. The van der Waals surface area contributed by atoms with Crippen LogP contribution >= 0.6 is 0 Å². The fourth-order valence-electron chi connectivity index (χ4n) is 2.60. The van der Waals surface area contributed by atoms with E-state index in [2.05, 4.69) is 6.92 Å². The van der Waals surface area contributed by atoms with E-state index in [0.29, 0.717) is 11.5 Å². The molecule has 0 radical (unpaired) electrons. The zero-order chi connectivity index (χ0) is 12.7. The van der Waals surface area contributed by atoms with E-state index in [4.69, 9.17) is 5.73 Å². The van der Waals surface area contributed by atoms with Crippen molar-refractivity contribution in [1.82, 2.24) is 0 Å². The quantitative estimate of drug-likeness (QED) is 0.800. The summed E-state index contributed by atoms with van der Waals surface area (Å²) in [5.74, 6) is 0.481. The van der Waals surface area contributed by atoms with Crippen LogP contribution in [0.15, 0.2) is 24.3 Å². The first-order valence-corrected chi connectivity index (χ1v) is 5.78. The molecule has 0 spiro atoms. The molecule has 1 fully saturated rings. The van der Waals surface area contributed by atoms with Gasteiger partial charge in [0.05, 0.1) is 5.56 Å². The Morgan fingerprint density at radius 1 is 1.35 bits per heavy atom. The average molecular weight is 243 g/mol. The van der Waals surface area contributed by atoms with E-state index in [1.165, 1.54) is 12.1 Å². The van der Waals surface area contributed by atoms with Gasteiger partial charge in [0.2, 0.25) is 0 Å². The van der Waals surface area contributed by atoms with Crippen molar-refractivity contribution in [3.63, 3.8) is 0 Å². The first-order chi connectivity index (χ1) is 7.81. The molecule has 1 saturated carbocycles. The molecule has 1 aromatic rings. The Hall–Kier alpha value is -1.03. The molecule has 2 atom stereocenters. The molecule has 2 N–H and O–H groups in total. The van der Waals surface area contributed by atoms with Gasteiger partial charge in [-0.1, -0.05) is 19.1 Å². The van der Waals surface area contributed by atoms with Crippen LogP contribution in [0.4, 0.5) is 13.2 Å². The first kappa shape index (κ1) is 12.4. The standard InChI is InChI=1S/C13H16F3N/c1-9-5-6-12(17,8-9)10-3-2-4-11(7-10)13(14,15)16/h2-4,7,9H,5-6,8,17H2,1H3. The highest BCUT2D eigenvalue weighted by molar-refractivity contribution is 5.31. The van der Waals surface area contributed by atoms with Gasteiger partial charge in [-0.05, 0) is 42.9 Å². The molecule has 0 bridgehead atoms. The Balaban J connectivity index is 2.34. The van der Waals surface area contributed by atoms with Gasteiger partial charge in [0.1, 0.15) is 0 Å². The average Bonchev–Trinajstić information content (AvgIpc) is 2.59. The highest BCUT2D eigenvalue weighted by Crippen LogP contribution is 2.41. The van der Waals surface area contributed by atoms with Crippen molar-refractivity contribution >= 4 is 0 Å². The predicted octanol–water partition coefficient (Wildman–Crippen LogP) is 3.68. The minimum Gasteiger partial charge on any atom is -0.321 e. The van der Waals surface area contributed by atoms with Gasteiger partial charge in [-0.2, -0.15) is 13.2 Å². The lowest BCUT2D eigenvalue weighted by atomic mass is 9.87. The van der Waals surface area contributed by atoms with Crippen molar-refractivity contribution in [3.8, 4) is 0 Å². The maximum absolute atomic E-state index is 12.6. The summed E-state index contributed by atoms with van der Waals surface area (Å²) in [6, 6.07) is 5.42. The molecule has 94 valence electrons. The number of hydrogen-bond acceptors (Lipinski definition) is 1. The third-order valence-corrected chi connectivity index (χ3v) is 3.56. The smallest absolute Gasteiger partial charge is 0.321 e. The Morgan fingerprint density at radius 2 is 2.06 bits per heavy atom. The van der Waals surface area contributed by atoms with Crippen LogP contribution in [0.1, 0.15) is 37.3 Å². The molecule has 1 aliphatic carbocycles. The van der Waals surface area contributed by atoms with Gasteiger partial charge < -0.3 is 5.73 Å². The largest absolute Gasteiger partial charge is 0.416 e. The zero-order valence-electron chi connectivity index (χ0n) is 9.72. The van der Waals surface area contributed by atoms with Gasteiger partial charge in [0, 0.05) is 5.54 Å². The molecule has 2 rings (SSSR count). The van der Waals surface area contributed by atoms with E-state index in [1.807, 2.05) is 0 Å². The van der Waals surface area contributed by atoms with Crippen molar-refractivity contribution in [3.05, 3.63) is 35.4 Å². The van der Waals surface area contributed by atoms with E-state index in [0.717, 1.165) is 25.3 Å². The van der Waals surface area contributed by atoms with Gasteiger partial charge >= 0.3 is 6.18 Å². The number of benzene rings is 1. The maximum atomic E-state index is 12.6. The molecule has 4 heteroatoms. The van der Waals surface area contributed by atoms with Gasteiger partial charge in [0.15, 0.2) is 0 Å². The topological polar surface area (TPSA) is 26.0 Å². The second kappa shape index (κ2) is 4.02. The molecule has 0 aliphatic heterocycles. The first-order valence-electron chi connectivity index (χ1n) is 5.78. The monoisotopic (exact) mass is 243 g/mol. The summed E-state index contributed by atoms with van der Waals surface area (Å²) >= 11 is 0. The molecule has 0 heterocycles. The number of rotatable bonds is 1. The highest BCUT2D eigenvalue weighted by atomic mass is 19.4. The number of alkyl halides is 3. The number of nitrogens with two attached hydrogens (primary N) is 1. The lowest BCUT2D eigenvalue weighted by Gasteiger charge is -2.25. The van der Waals surface area contributed by atoms with E-state index >= 15 is 0 Å². The molecular formula is C13H16F3N. The van der Waals surface area contributed by atoms with Crippen molar-refractivity contribution in [1.29, 1.82) is 0 Å². The second-order valence-corrected chi connectivity index (χ2v) is 5.08. The third-order valence-electron chi connectivity index (χ3n) is 3.56. The van der Waals surface area contributed by atoms with E-state index in [9.17, 15) is 13.2 Å². The van der Waals surface area contributed by atoms with Crippen molar-refractivity contribution in [2.75, 3.05) is 0 Å². The molecule has 1 nitrogen and oxygen atoms in total. The summed E-state index contributed by atoms with van der Waals surface area (Å²) < 4.78 is 37.8. The summed E-state index contributed by atoms with van der Waals surface area (Å²) in [6.45, 7) is 2.09. The van der Waals surface area contributed by atoms with Gasteiger partial charge in [-0.3, -0.25) is 0 Å². The van der Waals surface area contributed by atoms with E-state index < -0.39 is 17.3 Å². The zero-order valence-corrected chi connectivity index (χ0v) is 9.72. The Morgan fingerprint density at radius 3 is 2.59 bits per heavy atom. The second-order valence-electron chi connectivity index (χ2n) is 5.08. The molecule has 17 heavy (non-hydrogen) atoms. The molecule has 2 unspecified atom stereocenters. The minimum atomic E-state index is -4.30. The van der Waals surface area contributed by atoms with E-state index in [1.54, 1.807) is 6.07 Å². The SMILES string of the molecule is CC1CCC(N)(c2cccc(C(F)(F)F)c2)C1. The molecule has 0 amide bonds. The predicted molar refractivity (Wildman–Crippen MR) is 60.3 cm³/mol. The van der Waals surface area contributed by atoms with Gasteiger partial charge in [0.25, 0.3) is 0 Å². The van der Waals surface area contributed by atoms with Crippen LogP contribution in [0.3, 0.4) is 0 Å². The lowest BCUT2D eigenvalue weighted by molar-refractivity contribution is -0.137. The Kier molecular flexibility index (Phi) is 2.94. The Labute approximate surface area is 98.8 Å². The van der Waals surface area contributed by atoms with Crippen LogP contribution in [0.25, 0.3) is 0 Å². The molecule has 0 aromatic heterocycles. The van der Waals surface area contributed by atoms with Crippen molar-refractivity contribution in [2.45, 2.75) is 37.9 Å². The van der Waals surface area contributed by atoms with Crippen LogP contribution in [0, 0.1) is 5.92 Å². The fourth-order valence-corrected chi connectivity index (χ4v) is 2.60. The third kappa shape index (κ3) is 2.46. The summed E-state index contributed by atoms with van der Waals surface area (Å²) in [5.41, 5.74) is 5.63. The summed E-state index contributed by atoms with van der Waals surface area (Å²) in [6.07, 6.45) is -1.80. The normalized spacial score (nSPS) is 29.6. The minimum absolute atomic E-state index is 0.481. The van der Waals surface area contributed by atoms with Crippen LogP contribution in [-0.4, -0.2) is 0 Å². The molecular weight excluding hydrogens is 227 g/mol. The maximum Gasteiger partial charge on any atom is 0.416 e. The molecule has 0 saturated heterocycles. The van der Waals surface area contributed by atoms with Crippen LogP contribution < -0.4 is 5.73 Å². The van der Waals surface area contributed by atoms with Crippen LogP contribution in [0.5, 0.6) is 0 Å². The van der Waals surface area contributed by atoms with Crippen LogP contribution in [0.2, 0.25) is 0 Å². The molecule has 1 aliphatic rings. The lowest BCUT2D eigenvalue weighted by Crippen LogP contribution is -2.33. The Bertz CT molecular complexity index is 413. The van der Waals surface area contributed by atoms with Crippen molar-refractivity contribution in [2.24, 2.45) is 11.7 Å². The molecule has 1 aromatic carbocycles. The van der Waals surface area contributed by atoms with Gasteiger partial charge in [-0.15, -0.1) is 0 Å².